The highest BCUT2D eigenvalue weighted by molar-refractivity contribution is 7.89. The van der Waals surface area contributed by atoms with Crippen molar-refractivity contribution in [2.75, 3.05) is 20.2 Å². The van der Waals surface area contributed by atoms with Crippen LogP contribution in [0, 0.1) is 12.8 Å². The molecule has 0 aromatic heterocycles. The molecular formula is C22H27NO4S. The highest BCUT2D eigenvalue weighted by atomic mass is 32.2. The van der Waals surface area contributed by atoms with Crippen molar-refractivity contribution in [3.8, 4) is 5.75 Å². The first-order valence-corrected chi connectivity index (χ1v) is 10.7. The maximum absolute atomic E-state index is 13.1. The number of sulfonamides is 1. The zero-order valence-electron chi connectivity index (χ0n) is 16.6. The second-order valence-corrected chi connectivity index (χ2v) is 9.53. The molecule has 0 saturated carbocycles. The van der Waals surface area contributed by atoms with Gasteiger partial charge in [0.25, 0.3) is 0 Å². The molecule has 1 fully saturated rings. The lowest BCUT2D eigenvalue weighted by molar-refractivity contribution is -0.0178. The fourth-order valence-electron chi connectivity index (χ4n) is 3.59. The molecule has 0 radical (unpaired) electrons. The van der Waals surface area contributed by atoms with Crippen LogP contribution < -0.4 is 4.74 Å². The van der Waals surface area contributed by atoms with E-state index in [0.717, 1.165) is 22.4 Å². The van der Waals surface area contributed by atoms with Crippen molar-refractivity contribution in [3.63, 3.8) is 0 Å². The molecule has 0 unspecified atom stereocenters. The van der Waals surface area contributed by atoms with Crippen molar-refractivity contribution in [2.45, 2.75) is 30.8 Å². The first-order chi connectivity index (χ1) is 13.1. The van der Waals surface area contributed by atoms with Gasteiger partial charge >= 0.3 is 0 Å². The van der Waals surface area contributed by atoms with E-state index in [0.29, 0.717) is 6.42 Å². The number of methoxy groups -OCH3 is 1. The average Bonchev–Trinajstić information content (AvgIpc) is 2.67. The van der Waals surface area contributed by atoms with Gasteiger partial charge in [0.2, 0.25) is 10.0 Å². The summed E-state index contributed by atoms with van der Waals surface area (Å²) in [7, 11) is -2.03. The van der Waals surface area contributed by atoms with Crippen molar-refractivity contribution in [1.29, 1.82) is 0 Å². The molecule has 28 heavy (non-hydrogen) atoms. The summed E-state index contributed by atoms with van der Waals surface area (Å²) in [6.45, 7) is 8.31. The number of nitrogens with zero attached hydrogens (tertiary/aromatic N) is 1. The van der Waals surface area contributed by atoms with Crippen molar-refractivity contribution in [1.82, 2.24) is 4.31 Å². The number of aliphatic hydroxyl groups is 1. The van der Waals surface area contributed by atoms with Crippen LogP contribution in [-0.4, -0.2) is 43.6 Å². The van der Waals surface area contributed by atoms with Gasteiger partial charge in [0.1, 0.15) is 5.75 Å². The number of benzene rings is 2. The fraction of sp³-hybridized carbons (Fsp3) is 0.364. The molecular weight excluding hydrogens is 374 g/mol. The van der Waals surface area contributed by atoms with E-state index >= 15 is 0 Å². The summed E-state index contributed by atoms with van der Waals surface area (Å²) in [5.41, 5.74) is 1.56. The number of rotatable bonds is 5. The van der Waals surface area contributed by atoms with Crippen molar-refractivity contribution in [3.05, 3.63) is 66.2 Å². The predicted octanol–water partition coefficient (Wildman–Crippen LogP) is 3.48. The van der Waals surface area contributed by atoms with Crippen LogP contribution in [0.1, 0.15) is 24.5 Å². The van der Waals surface area contributed by atoms with Gasteiger partial charge in [-0.1, -0.05) is 36.4 Å². The maximum Gasteiger partial charge on any atom is 0.243 e. The van der Waals surface area contributed by atoms with E-state index in [2.05, 4.69) is 6.58 Å². The molecule has 5 nitrogen and oxygen atoms in total. The molecule has 150 valence electrons. The monoisotopic (exact) mass is 401 g/mol. The molecule has 0 amide bonds. The topological polar surface area (TPSA) is 66.8 Å². The third kappa shape index (κ3) is 3.99. The van der Waals surface area contributed by atoms with Crippen LogP contribution in [0.3, 0.4) is 0 Å². The summed E-state index contributed by atoms with van der Waals surface area (Å²) in [6.07, 6.45) is 0.345. The molecule has 1 aliphatic rings. The average molecular weight is 402 g/mol. The molecule has 1 N–H and O–H groups in total. The first kappa shape index (κ1) is 20.6. The largest absolute Gasteiger partial charge is 0.497 e. The van der Waals surface area contributed by atoms with E-state index in [4.69, 9.17) is 4.74 Å². The van der Waals surface area contributed by atoms with Gasteiger partial charge < -0.3 is 9.84 Å². The number of hydrogen-bond donors (Lipinski definition) is 1. The lowest BCUT2D eigenvalue weighted by Crippen LogP contribution is -2.52. The standard InChI is InChI=1S/C22H27NO4S/c1-16-5-11-20(12-6-16)28(25,26)23-14-13-22(3,24)21(15-23)17(2)18-7-9-19(27-4)10-8-18/h5-12,21,24H,2,13-15H2,1,3-4H3/t21-,22+/m0/s1. The van der Waals surface area contributed by atoms with Crippen LogP contribution in [0.15, 0.2) is 60.0 Å². The smallest absolute Gasteiger partial charge is 0.243 e. The van der Waals surface area contributed by atoms with Crippen LogP contribution >= 0.6 is 0 Å². The minimum absolute atomic E-state index is 0.189. The third-order valence-corrected chi connectivity index (χ3v) is 7.42. The van der Waals surface area contributed by atoms with Gasteiger partial charge in [-0.05, 0) is 55.7 Å². The van der Waals surface area contributed by atoms with Gasteiger partial charge in [-0.3, -0.25) is 0 Å². The number of ether oxygens (including phenoxy) is 1. The van der Waals surface area contributed by atoms with E-state index in [1.807, 2.05) is 31.2 Å². The van der Waals surface area contributed by atoms with Gasteiger partial charge in [0.15, 0.2) is 0 Å². The number of aryl methyl sites for hydroxylation is 1. The van der Waals surface area contributed by atoms with Gasteiger partial charge in [0.05, 0.1) is 17.6 Å². The number of piperidine rings is 1. The Hall–Kier alpha value is -2.15. The van der Waals surface area contributed by atoms with Crippen molar-refractivity contribution in [2.24, 2.45) is 5.92 Å². The Morgan fingerprint density at radius 3 is 2.36 bits per heavy atom. The first-order valence-electron chi connectivity index (χ1n) is 9.27. The SMILES string of the molecule is C=C(c1ccc(OC)cc1)[C@@H]1CN(S(=O)(=O)c2ccc(C)cc2)CC[C@@]1(C)O. The molecule has 1 heterocycles. The van der Waals surface area contributed by atoms with E-state index < -0.39 is 21.5 Å². The van der Waals surface area contributed by atoms with Crippen LogP contribution in [-0.2, 0) is 10.0 Å². The Labute approximate surface area is 167 Å². The van der Waals surface area contributed by atoms with Crippen LogP contribution in [0.2, 0.25) is 0 Å². The predicted molar refractivity (Wildman–Crippen MR) is 111 cm³/mol. The molecule has 0 aliphatic carbocycles. The fourth-order valence-corrected chi connectivity index (χ4v) is 5.04. The highest BCUT2D eigenvalue weighted by Gasteiger charge is 2.43. The summed E-state index contributed by atoms with van der Waals surface area (Å²) in [5.74, 6) is 0.324. The molecule has 2 aromatic rings. The molecule has 2 aromatic carbocycles. The van der Waals surface area contributed by atoms with Crippen LogP contribution in [0.4, 0.5) is 0 Å². The van der Waals surface area contributed by atoms with Gasteiger partial charge in [-0.25, -0.2) is 8.42 Å². The van der Waals surface area contributed by atoms with E-state index in [-0.39, 0.29) is 18.0 Å². The minimum atomic E-state index is -3.63. The lowest BCUT2D eigenvalue weighted by atomic mass is 9.77. The Morgan fingerprint density at radius 2 is 1.79 bits per heavy atom. The van der Waals surface area contributed by atoms with Gasteiger partial charge in [-0.2, -0.15) is 4.31 Å². The highest BCUT2D eigenvalue weighted by Crippen LogP contribution is 2.38. The van der Waals surface area contributed by atoms with Gasteiger partial charge in [-0.15, -0.1) is 0 Å². The van der Waals surface area contributed by atoms with E-state index in [9.17, 15) is 13.5 Å². The number of hydrogen-bond acceptors (Lipinski definition) is 4. The molecule has 2 atom stereocenters. The summed E-state index contributed by atoms with van der Waals surface area (Å²) < 4.78 is 32.8. The van der Waals surface area contributed by atoms with Crippen molar-refractivity contribution < 1.29 is 18.3 Å². The van der Waals surface area contributed by atoms with Crippen LogP contribution in [0.25, 0.3) is 5.57 Å². The molecule has 6 heteroatoms. The second-order valence-electron chi connectivity index (χ2n) is 7.59. The van der Waals surface area contributed by atoms with Crippen molar-refractivity contribution >= 4 is 15.6 Å². The zero-order valence-corrected chi connectivity index (χ0v) is 17.4. The quantitative estimate of drug-likeness (QED) is 0.833. The summed E-state index contributed by atoms with van der Waals surface area (Å²) >= 11 is 0. The molecule has 1 aliphatic heterocycles. The summed E-state index contributed by atoms with van der Waals surface area (Å²) in [4.78, 5) is 0.272. The lowest BCUT2D eigenvalue weighted by Gasteiger charge is -2.43. The van der Waals surface area contributed by atoms with Crippen LogP contribution in [0.5, 0.6) is 5.75 Å². The Bertz CT molecular complexity index is 947. The summed E-state index contributed by atoms with van der Waals surface area (Å²) in [6, 6.07) is 14.3. The maximum atomic E-state index is 13.1. The Kier molecular flexibility index (Phi) is 5.66. The normalized spacial score (nSPS) is 23.4. The van der Waals surface area contributed by atoms with E-state index in [1.165, 1.54) is 4.31 Å². The molecule has 1 saturated heterocycles. The zero-order chi connectivity index (χ0) is 20.5. The third-order valence-electron chi connectivity index (χ3n) is 5.54. The Morgan fingerprint density at radius 1 is 1.18 bits per heavy atom. The van der Waals surface area contributed by atoms with Gasteiger partial charge in [0, 0.05) is 19.0 Å². The second kappa shape index (κ2) is 7.70. The Balaban J connectivity index is 1.88. The summed E-state index contributed by atoms with van der Waals surface area (Å²) in [5, 5.41) is 11.0. The molecule has 0 spiro atoms. The molecule has 3 rings (SSSR count). The minimum Gasteiger partial charge on any atom is -0.497 e. The molecule has 0 bridgehead atoms. The van der Waals surface area contributed by atoms with E-state index in [1.54, 1.807) is 38.3 Å².